The van der Waals surface area contributed by atoms with Gasteiger partial charge >= 0.3 is 6.03 Å². The second-order valence-corrected chi connectivity index (χ2v) is 6.99. The molecule has 0 bridgehead atoms. The number of carbonyl (C=O) groups is 3. The van der Waals surface area contributed by atoms with Crippen molar-refractivity contribution in [2.45, 2.75) is 58.1 Å². The van der Waals surface area contributed by atoms with Gasteiger partial charge in [0.15, 0.2) is 0 Å². The molecule has 2 fully saturated rings. The number of barbiturate groups is 1. The molecule has 1 saturated heterocycles. The summed E-state index contributed by atoms with van der Waals surface area (Å²) in [5, 5.41) is 2.31. The summed E-state index contributed by atoms with van der Waals surface area (Å²) in [6.45, 7) is 3.82. The largest absolute Gasteiger partial charge is 0.490 e. The first-order valence-corrected chi connectivity index (χ1v) is 9.13. The fourth-order valence-electron chi connectivity index (χ4n) is 3.46. The van der Waals surface area contributed by atoms with E-state index in [1.165, 1.54) is 11.0 Å². The van der Waals surface area contributed by atoms with E-state index in [4.69, 9.17) is 4.74 Å². The van der Waals surface area contributed by atoms with Crippen LogP contribution in [-0.4, -0.2) is 34.9 Å². The van der Waals surface area contributed by atoms with Crippen LogP contribution in [0.5, 0.6) is 5.75 Å². The summed E-state index contributed by atoms with van der Waals surface area (Å²) in [5.74, 6) is -0.590. The van der Waals surface area contributed by atoms with E-state index in [9.17, 15) is 14.4 Å². The van der Waals surface area contributed by atoms with Crippen LogP contribution in [0.1, 0.15) is 51.5 Å². The Morgan fingerprint density at radius 1 is 1.12 bits per heavy atom. The maximum atomic E-state index is 12.9. The van der Waals surface area contributed by atoms with Gasteiger partial charge in [0.25, 0.3) is 11.8 Å². The second-order valence-electron chi connectivity index (χ2n) is 6.99. The zero-order valence-corrected chi connectivity index (χ0v) is 15.2. The number of para-hydroxylation sites is 1. The summed E-state index contributed by atoms with van der Waals surface area (Å²) in [6.07, 6.45) is 6.13. The van der Waals surface area contributed by atoms with E-state index < -0.39 is 17.8 Å². The van der Waals surface area contributed by atoms with Crippen LogP contribution >= 0.6 is 0 Å². The standard InChI is InChI=1S/C20H24N2O4/c1-13(2)26-17-11-7-6-8-14(17)12-16-18(23)21-20(25)22(19(16)24)15-9-4-3-5-10-15/h6-8,11-13,15H,3-5,9-10H2,1-2H3,(H,21,23,25). The van der Waals surface area contributed by atoms with E-state index in [2.05, 4.69) is 5.32 Å². The molecule has 1 aromatic carbocycles. The third kappa shape index (κ3) is 3.79. The maximum absolute atomic E-state index is 12.9. The molecule has 0 atom stereocenters. The van der Waals surface area contributed by atoms with Crippen LogP contribution in [0, 0.1) is 0 Å². The molecule has 0 spiro atoms. The number of amides is 4. The van der Waals surface area contributed by atoms with Gasteiger partial charge in [-0.2, -0.15) is 0 Å². The number of nitrogens with one attached hydrogen (secondary N) is 1. The summed E-state index contributed by atoms with van der Waals surface area (Å²) in [5.41, 5.74) is 0.604. The second kappa shape index (κ2) is 7.72. The number of ether oxygens (including phenoxy) is 1. The summed E-state index contributed by atoms with van der Waals surface area (Å²) < 4.78 is 5.75. The van der Waals surface area contributed by atoms with E-state index in [1.807, 2.05) is 26.0 Å². The molecule has 1 aliphatic heterocycles. The van der Waals surface area contributed by atoms with Crippen LogP contribution in [0.2, 0.25) is 0 Å². The number of benzene rings is 1. The van der Waals surface area contributed by atoms with Crippen molar-refractivity contribution in [3.63, 3.8) is 0 Å². The normalized spacial score (nSPS) is 20.7. The predicted molar refractivity (Wildman–Crippen MR) is 97.4 cm³/mol. The molecular formula is C20H24N2O4. The monoisotopic (exact) mass is 356 g/mol. The molecule has 0 radical (unpaired) electrons. The lowest BCUT2D eigenvalue weighted by Crippen LogP contribution is -2.58. The van der Waals surface area contributed by atoms with Gasteiger partial charge in [0.1, 0.15) is 11.3 Å². The van der Waals surface area contributed by atoms with Crippen molar-refractivity contribution in [1.29, 1.82) is 0 Å². The highest BCUT2D eigenvalue weighted by Gasteiger charge is 2.40. The van der Waals surface area contributed by atoms with Crippen LogP contribution in [0.25, 0.3) is 6.08 Å². The first-order valence-electron chi connectivity index (χ1n) is 9.13. The molecule has 6 nitrogen and oxygen atoms in total. The Bertz CT molecular complexity index is 748. The van der Waals surface area contributed by atoms with Gasteiger partial charge in [-0.15, -0.1) is 0 Å². The number of urea groups is 1. The first kappa shape index (κ1) is 18.2. The third-order valence-corrected chi connectivity index (χ3v) is 4.65. The van der Waals surface area contributed by atoms with Gasteiger partial charge < -0.3 is 4.74 Å². The minimum atomic E-state index is -0.661. The molecule has 0 aromatic heterocycles. The molecule has 1 saturated carbocycles. The molecule has 4 amide bonds. The molecular weight excluding hydrogens is 332 g/mol. The Kier molecular flexibility index (Phi) is 5.40. The minimum Gasteiger partial charge on any atom is -0.490 e. The average Bonchev–Trinajstić information content (AvgIpc) is 2.60. The maximum Gasteiger partial charge on any atom is 0.331 e. The van der Waals surface area contributed by atoms with E-state index in [0.29, 0.717) is 11.3 Å². The zero-order valence-electron chi connectivity index (χ0n) is 15.2. The number of imide groups is 2. The number of hydrogen-bond donors (Lipinski definition) is 1. The number of hydrogen-bond acceptors (Lipinski definition) is 4. The van der Waals surface area contributed by atoms with Crippen molar-refractivity contribution in [3.8, 4) is 5.75 Å². The van der Waals surface area contributed by atoms with Crippen molar-refractivity contribution >= 4 is 23.9 Å². The highest BCUT2D eigenvalue weighted by molar-refractivity contribution is 6.31. The molecule has 6 heteroatoms. The van der Waals surface area contributed by atoms with Gasteiger partial charge in [-0.05, 0) is 38.8 Å². The molecule has 1 heterocycles. The fourth-order valence-corrected chi connectivity index (χ4v) is 3.46. The quantitative estimate of drug-likeness (QED) is 0.664. The van der Waals surface area contributed by atoms with Gasteiger partial charge in [-0.1, -0.05) is 37.5 Å². The minimum absolute atomic E-state index is 0.0324. The van der Waals surface area contributed by atoms with Crippen LogP contribution < -0.4 is 10.1 Å². The third-order valence-electron chi connectivity index (χ3n) is 4.65. The van der Waals surface area contributed by atoms with Gasteiger partial charge in [-0.3, -0.25) is 19.8 Å². The molecule has 1 aliphatic carbocycles. The Morgan fingerprint density at radius 3 is 2.50 bits per heavy atom. The number of nitrogens with zero attached hydrogens (tertiary/aromatic N) is 1. The van der Waals surface area contributed by atoms with Crippen LogP contribution in [0.15, 0.2) is 29.8 Å². The Balaban J connectivity index is 1.93. The SMILES string of the molecule is CC(C)Oc1ccccc1C=C1C(=O)NC(=O)N(C2CCCCC2)C1=O. The van der Waals surface area contributed by atoms with Crippen LogP contribution in [0.4, 0.5) is 4.79 Å². The van der Waals surface area contributed by atoms with Gasteiger partial charge in [0.05, 0.1) is 6.10 Å². The van der Waals surface area contributed by atoms with E-state index >= 15 is 0 Å². The van der Waals surface area contributed by atoms with Gasteiger partial charge in [0, 0.05) is 11.6 Å². The Labute approximate surface area is 153 Å². The van der Waals surface area contributed by atoms with E-state index in [0.717, 1.165) is 32.1 Å². The smallest absolute Gasteiger partial charge is 0.331 e. The summed E-state index contributed by atoms with van der Waals surface area (Å²) in [4.78, 5) is 38.7. The lowest BCUT2D eigenvalue weighted by atomic mass is 9.93. The molecule has 138 valence electrons. The topological polar surface area (TPSA) is 75.7 Å². The summed E-state index contributed by atoms with van der Waals surface area (Å²) in [6, 6.07) is 6.47. The van der Waals surface area contributed by atoms with Gasteiger partial charge in [0.2, 0.25) is 0 Å². The molecule has 2 aliphatic rings. The van der Waals surface area contributed by atoms with Crippen molar-refractivity contribution in [2.24, 2.45) is 0 Å². The Morgan fingerprint density at radius 2 is 1.81 bits per heavy atom. The lowest BCUT2D eigenvalue weighted by Gasteiger charge is -2.35. The fraction of sp³-hybridized carbons (Fsp3) is 0.450. The number of carbonyl (C=O) groups excluding carboxylic acids is 3. The van der Waals surface area contributed by atoms with Gasteiger partial charge in [-0.25, -0.2) is 4.79 Å². The summed E-state index contributed by atoms with van der Waals surface area (Å²) in [7, 11) is 0. The molecule has 1 aromatic rings. The van der Waals surface area contributed by atoms with Crippen molar-refractivity contribution in [2.75, 3.05) is 0 Å². The molecule has 1 N–H and O–H groups in total. The van der Waals surface area contributed by atoms with Crippen molar-refractivity contribution < 1.29 is 19.1 Å². The lowest BCUT2D eigenvalue weighted by molar-refractivity contribution is -0.132. The predicted octanol–water partition coefficient (Wildman–Crippen LogP) is 3.27. The molecule has 26 heavy (non-hydrogen) atoms. The van der Waals surface area contributed by atoms with Crippen LogP contribution in [-0.2, 0) is 9.59 Å². The van der Waals surface area contributed by atoms with E-state index in [1.54, 1.807) is 12.1 Å². The van der Waals surface area contributed by atoms with Crippen LogP contribution in [0.3, 0.4) is 0 Å². The summed E-state index contributed by atoms with van der Waals surface area (Å²) >= 11 is 0. The Hall–Kier alpha value is -2.63. The average molecular weight is 356 g/mol. The molecule has 0 unspecified atom stereocenters. The zero-order chi connectivity index (χ0) is 18.7. The first-order chi connectivity index (χ1) is 12.5. The highest BCUT2D eigenvalue weighted by atomic mass is 16.5. The van der Waals surface area contributed by atoms with Crippen molar-refractivity contribution in [3.05, 3.63) is 35.4 Å². The highest BCUT2D eigenvalue weighted by Crippen LogP contribution is 2.28. The van der Waals surface area contributed by atoms with Crippen molar-refractivity contribution in [1.82, 2.24) is 10.2 Å². The number of rotatable bonds is 4. The molecule has 3 rings (SSSR count). The van der Waals surface area contributed by atoms with E-state index in [-0.39, 0.29) is 17.7 Å².